The second-order valence-electron chi connectivity index (χ2n) is 12.2. The molecule has 4 aromatic rings. The van der Waals surface area contributed by atoms with Crippen LogP contribution < -0.4 is 14.8 Å². The Kier molecular flexibility index (Phi) is 9.25. The van der Waals surface area contributed by atoms with E-state index in [1.807, 2.05) is 43.3 Å². The molecule has 2 N–H and O–H groups in total. The fourth-order valence-corrected chi connectivity index (χ4v) is 11.0. The summed E-state index contributed by atoms with van der Waals surface area (Å²) < 4.78 is 23.1. The Bertz CT molecular complexity index is 1680. The van der Waals surface area contributed by atoms with E-state index in [2.05, 4.69) is 50.0 Å². The molecular weight excluding hydrogens is 630 g/mol. The third-order valence-electron chi connectivity index (χ3n) is 8.26. The molecule has 0 spiro atoms. The number of benzene rings is 3. The van der Waals surface area contributed by atoms with Crippen molar-refractivity contribution < 1.29 is 18.7 Å². The summed E-state index contributed by atoms with van der Waals surface area (Å²) in [5.74, 6) is -0.219. The Morgan fingerprint density at radius 1 is 1.00 bits per heavy atom. The van der Waals surface area contributed by atoms with Gasteiger partial charge >= 0.3 is 14.4 Å². The Balaban J connectivity index is 1.60. The number of nitrogens with zero attached hydrogens (tertiary/aromatic N) is 3. The minimum atomic E-state index is -3.14. The molecule has 1 amide bonds. The highest BCUT2D eigenvalue weighted by Crippen LogP contribution is 2.43. The van der Waals surface area contributed by atoms with E-state index in [4.69, 9.17) is 33.0 Å². The third-order valence-corrected chi connectivity index (χ3v) is 13.8. The predicted molar refractivity (Wildman–Crippen MR) is 180 cm³/mol. The van der Waals surface area contributed by atoms with Crippen LogP contribution in [-0.4, -0.2) is 65.8 Å². The summed E-state index contributed by atoms with van der Waals surface area (Å²) in [5, 5.41) is 20.0. The molecule has 0 radical (unpaired) electrons. The number of amides is 1. The van der Waals surface area contributed by atoms with Gasteiger partial charge in [-0.25, -0.2) is 14.2 Å². The molecule has 1 aromatic heterocycles. The number of piperazine rings is 1. The van der Waals surface area contributed by atoms with Crippen LogP contribution in [0.3, 0.4) is 0 Å². The average Bonchev–Trinajstić information content (AvgIpc) is 3.01. The Morgan fingerprint density at radius 3 is 2.13 bits per heavy atom. The lowest BCUT2D eigenvalue weighted by molar-refractivity contribution is 0.105. The maximum atomic E-state index is 15.9. The normalized spacial score (nSPS) is 15.6. The molecule has 1 atom stereocenters. The van der Waals surface area contributed by atoms with Gasteiger partial charge in [0.25, 0.3) is 0 Å². The molecule has 11 heteroatoms. The number of pyridine rings is 1. The van der Waals surface area contributed by atoms with E-state index in [1.165, 1.54) is 17.0 Å². The van der Waals surface area contributed by atoms with Crippen molar-refractivity contribution in [2.45, 2.75) is 38.8 Å². The van der Waals surface area contributed by atoms with Crippen LogP contribution in [0.1, 0.15) is 33.3 Å². The Labute approximate surface area is 273 Å². The minimum Gasteiger partial charge on any atom is -0.533 e. The number of halogens is 3. The maximum Gasteiger partial charge on any atom is 0.407 e. The van der Waals surface area contributed by atoms with Crippen LogP contribution in [-0.2, 0) is 0 Å². The first-order valence-corrected chi connectivity index (χ1v) is 17.3. The SMILES string of the molecule is C[C@H]1CN(C(=O)O)CCN1C(=N)c1cc(Cl)c(-c2c(F)cccc2O[Si](c2ccccc2)(c2ccccc2)C(C)(C)C)nc1Cl. The van der Waals surface area contributed by atoms with E-state index in [-0.39, 0.29) is 62.8 Å². The zero-order chi connectivity index (χ0) is 32.5. The van der Waals surface area contributed by atoms with E-state index in [1.54, 1.807) is 17.0 Å². The van der Waals surface area contributed by atoms with Crippen molar-refractivity contribution >= 4 is 53.8 Å². The number of hydrogen-bond acceptors (Lipinski definition) is 4. The fourth-order valence-electron chi connectivity index (χ4n) is 6.06. The van der Waals surface area contributed by atoms with Gasteiger partial charge in [0.15, 0.2) is 0 Å². The van der Waals surface area contributed by atoms with Crippen LogP contribution >= 0.6 is 23.2 Å². The van der Waals surface area contributed by atoms with Gasteiger partial charge in [0.2, 0.25) is 0 Å². The quantitative estimate of drug-likeness (QED) is 0.0990. The largest absolute Gasteiger partial charge is 0.533 e. The van der Waals surface area contributed by atoms with Crippen molar-refractivity contribution in [3.63, 3.8) is 0 Å². The molecule has 3 aromatic carbocycles. The van der Waals surface area contributed by atoms with E-state index >= 15 is 4.39 Å². The van der Waals surface area contributed by atoms with Gasteiger partial charge < -0.3 is 19.3 Å². The van der Waals surface area contributed by atoms with Crippen LogP contribution in [0.5, 0.6) is 5.75 Å². The van der Waals surface area contributed by atoms with Gasteiger partial charge in [0.1, 0.15) is 22.6 Å². The van der Waals surface area contributed by atoms with Crippen LogP contribution in [0.2, 0.25) is 15.2 Å². The zero-order valence-electron chi connectivity index (χ0n) is 25.5. The Hall–Kier alpha value is -3.92. The van der Waals surface area contributed by atoms with Crippen molar-refractivity contribution in [2.24, 2.45) is 0 Å². The first-order chi connectivity index (χ1) is 21.3. The molecule has 0 aliphatic carbocycles. The van der Waals surface area contributed by atoms with Crippen molar-refractivity contribution in [1.82, 2.24) is 14.8 Å². The summed E-state index contributed by atoms with van der Waals surface area (Å²) in [4.78, 5) is 19.1. The second kappa shape index (κ2) is 12.8. The number of carboxylic acid groups (broad SMARTS) is 1. The molecule has 234 valence electrons. The van der Waals surface area contributed by atoms with Gasteiger partial charge in [-0.3, -0.25) is 5.41 Å². The topological polar surface area (TPSA) is 89.8 Å². The van der Waals surface area contributed by atoms with Crippen molar-refractivity contribution in [1.29, 1.82) is 5.41 Å². The molecule has 5 rings (SSSR count). The summed E-state index contributed by atoms with van der Waals surface area (Å²) in [6.07, 6.45) is -0.999. The van der Waals surface area contributed by atoms with Crippen molar-refractivity contribution in [2.75, 3.05) is 19.6 Å². The maximum absolute atomic E-state index is 15.9. The van der Waals surface area contributed by atoms with Crippen LogP contribution in [0.15, 0.2) is 84.9 Å². The molecule has 1 aliphatic rings. The lowest BCUT2D eigenvalue weighted by Gasteiger charge is -2.43. The van der Waals surface area contributed by atoms with Gasteiger partial charge in [-0.1, -0.05) is 111 Å². The van der Waals surface area contributed by atoms with Gasteiger partial charge in [-0.15, -0.1) is 0 Å². The molecule has 45 heavy (non-hydrogen) atoms. The Morgan fingerprint density at radius 2 is 1.60 bits per heavy atom. The van der Waals surface area contributed by atoms with Crippen LogP contribution in [0.4, 0.5) is 9.18 Å². The fraction of sp³-hybridized carbons (Fsp3) is 0.265. The number of carbonyl (C=O) groups is 1. The van der Waals surface area contributed by atoms with E-state index in [0.29, 0.717) is 6.54 Å². The predicted octanol–water partition coefficient (Wildman–Crippen LogP) is 7.14. The number of rotatable bonds is 6. The number of aromatic nitrogens is 1. The molecule has 2 heterocycles. The standard InChI is InChI=1S/C34H35Cl2FN4O3Si/c1-22-21-40(33(42)43)18-19-41(22)32(38)25-20-26(35)30(39-31(25)36)29-27(37)16-11-17-28(29)44-45(34(2,3)4,23-12-7-5-8-13-23)24-14-9-6-10-15-24/h5-17,20,22,38H,18-19,21H2,1-4H3,(H,42,43)/t22-/m0/s1. The lowest BCUT2D eigenvalue weighted by atomic mass is 10.1. The highest BCUT2D eigenvalue weighted by molar-refractivity contribution is 7.00. The first-order valence-electron chi connectivity index (χ1n) is 14.6. The molecule has 7 nitrogen and oxygen atoms in total. The third kappa shape index (κ3) is 6.17. The number of nitrogens with one attached hydrogen (secondary N) is 1. The smallest absolute Gasteiger partial charge is 0.407 e. The van der Waals surface area contributed by atoms with Gasteiger partial charge in [0, 0.05) is 25.7 Å². The van der Waals surface area contributed by atoms with E-state index in [9.17, 15) is 9.90 Å². The molecule has 1 fully saturated rings. The summed E-state index contributed by atoms with van der Waals surface area (Å²) in [6, 6.07) is 26.0. The molecule has 0 saturated carbocycles. The minimum absolute atomic E-state index is 0.0214. The van der Waals surface area contributed by atoms with Gasteiger partial charge in [-0.05, 0) is 40.5 Å². The second-order valence-corrected chi connectivity index (χ2v) is 17.1. The highest BCUT2D eigenvalue weighted by atomic mass is 35.5. The highest BCUT2D eigenvalue weighted by Gasteiger charge is 2.52. The van der Waals surface area contributed by atoms with Crippen LogP contribution in [0.25, 0.3) is 11.3 Å². The van der Waals surface area contributed by atoms with Crippen molar-refractivity contribution in [3.05, 3.63) is 106 Å². The number of hydrogen-bond donors (Lipinski definition) is 2. The molecule has 0 unspecified atom stereocenters. The van der Waals surface area contributed by atoms with Crippen molar-refractivity contribution in [3.8, 4) is 17.0 Å². The summed E-state index contributed by atoms with van der Waals surface area (Å²) in [6.45, 7) is 9.05. The lowest BCUT2D eigenvalue weighted by Crippen LogP contribution is -2.68. The summed E-state index contributed by atoms with van der Waals surface area (Å²) in [7, 11) is -3.14. The summed E-state index contributed by atoms with van der Waals surface area (Å²) >= 11 is 13.5. The molecule has 0 bridgehead atoms. The first kappa shape index (κ1) is 32.5. The van der Waals surface area contributed by atoms with Gasteiger partial charge in [-0.2, -0.15) is 0 Å². The van der Waals surface area contributed by atoms with E-state index in [0.717, 1.165) is 10.4 Å². The van der Waals surface area contributed by atoms with Gasteiger partial charge in [0.05, 0.1) is 21.8 Å². The summed E-state index contributed by atoms with van der Waals surface area (Å²) in [5.41, 5.74) is 0.457. The van der Waals surface area contributed by atoms with Crippen LogP contribution in [0, 0.1) is 11.2 Å². The zero-order valence-corrected chi connectivity index (χ0v) is 28.0. The van der Waals surface area contributed by atoms with E-state index < -0.39 is 20.2 Å². The molecular formula is C34H35Cl2FN4O3Si. The number of amidine groups is 1. The molecule has 1 aliphatic heterocycles. The molecule has 1 saturated heterocycles. The average molecular weight is 666 g/mol. The monoisotopic (exact) mass is 664 g/mol.